The van der Waals surface area contributed by atoms with Gasteiger partial charge in [0.05, 0.1) is 85.3 Å². The zero-order chi connectivity index (χ0) is 82.7. The Morgan fingerprint density at radius 3 is 0.898 bits per heavy atom. The summed E-state index contributed by atoms with van der Waals surface area (Å²) < 4.78 is 52.8. The summed E-state index contributed by atoms with van der Waals surface area (Å²) in [6.45, 7) is 10.7. The monoisotopic (exact) mass is 1700 g/mol. The second kappa shape index (κ2) is 34.6. The summed E-state index contributed by atoms with van der Waals surface area (Å²) in [5.41, 5.74) is 4.43. The summed E-state index contributed by atoms with van der Waals surface area (Å²) in [5.74, 6) is -1.64. The number of thiazole rings is 3. The second-order valence-electron chi connectivity index (χ2n) is 26.4. The number of aliphatic hydroxyl groups excluding tert-OH is 3. The van der Waals surface area contributed by atoms with E-state index in [1.807, 2.05) is 39.0 Å². The quantitative estimate of drug-likeness (QED) is 0.0421. The topological polar surface area (TPSA) is 332 Å². The Morgan fingerprint density at radius 1 is 0.381 bits per heavy atom. The molecule has 3 unspecified atom stereocenters. The number of halogens is 3. The zero-order valence-corrected chi connectivity index (χ0v) is 67.5. The molecule has 3 saturated heterocycles. The van der Waals surface area contributed by atoms with E-state index < -0.39 is 59.2 Å². The molecule has 0 spiro atoms. The summed E-state index contributed by atoms with van der Waals surface area (Å²) >= 11 is 22.7. The molecule has 18 rings (SSSR count). The Balaban J connectivity index is 0.000000135. The predicted molar refractivity (Wildman–Crippen MR) is 447 cm³/mol. The number of rotatable bonds is 15. The number of fused-ring (bicyclic) bond motifs is 6. The van der Waals surface area contributed by atoms with E-state index in [0.29, 0.717) is 192 Å². The first kappa shape index (κ1) is 80.4. The first-order valence-corrected chi connectivity index (χ1v) is 40.3. The lowest BCUT2D eigenvalue weighted by Crippen LogP contribution is -2.29. The van der Waals surface area contributed by atoms with Crippen molar-refractivity contribution < 1.29 is 96.6 Å². The maximum Gasteiger partial charge on any atom is 0.301 e. The van der Waals surface area contributed by atoms with Crippen molar-refractivity contribution in [2.24, 2.45) is 0 Å². The van der Waals surface area contributed by atoms with Gasteiger partial charge in [-0.3, -0.25) is 48.3 Å². The molecule has 32 heteroatoms. The van der Waals surface area contributed by atoms with Crippen LogP contribution >= 0.6 is 68.8 Å². The molecule has 600 valence electrons. The number of carboxylic acids is 1. The van der Waals surface area contributed by atoms with Gasteiger partial charge in [-0.05, 0) is 183 Å². The number of aliphatic hydroxyl groups is 3. The first-order valence-electron chi connectivity index (χ1n) is 36.8. The summed E-state index contributed by atoms with van der Waals surface area (Å²) in [4.78, 5) is 108. The number of anilines is 3. The molecule has 3 amide bonds. The van der Waals surface area contributed by atoms with Gasteiger partial charge < -0.3 is 63.1 Å². The fourth-order valence-corrected chi connectivity index (χ4v) is 17.5. The molecule has 6 aliphatic heterocycles. The summed E-state index contributed by atoms with van der Waals surface area (Å²) in [7, 11) is 0. The van der Waals surface area contributed by atoms with E-state index in [2.05, 4.69) is 15.0 Å². The van der Waals surface area contributed by atoms with Crippen LogP contribution in [0.2, 0.25) is 15.1 Å². The molecule has 9 aromatic carbocycles. The van der Waals surface area contributed by atoms with E-state index in [9.17, 15) is 44.1 Å². The van der Waals surface area contributed by atoms with Crippen LogP contribution in [0.25, 0.3) is 47.9 Å². The average Bonchev–Trinajstić information content (AvgIpc) is 1.60. The highest BCUT2D eigenvalue weighted by atomic mass is 35.5. The van der Waals surface area contributed by atoms with Crippen molar-refractivity contribution in [3.05, 3.63) is 247 Å². The first-order chi connectivity index (χ1) is 57.1. The lowest BCUT2D eigenvalue weighted by molar-refractivity contribution is -0.134. The maximum absolute atomic E-state index is 13.5. The molecule has 118 heavy (non-hydrogen) atoms. The molecule has 6 aliphatic rings. The van der Waals surface area contributed by atoms with Crippen LogP contribution in [-0.4, -0.2) is 136 Å². The lowest BCUT2D eigenvalue weighted by atomic mass is 9.95. The number of carbonyl (C=O) groups is 7. The number of amides is 3. The van der Waals surface area contributed by atoms with E-state index in [1.54, 1.807) is 164 Å². The van der Waals surface area contributed by atoms with Crippen LogP contribution in [-0.2, 0) is 33.6 Å². The van der Waals surface area contributed by atoms with Gasteiger partial charge >= 0.3 is 17.7 Å². The van der Waals surface area contributed by atoms with Crippen LogP contribution < -0.4 is 57.3 Å². The highest BCUT2D eigenvalue weighted by Gasteiger charge is 2.51. The van der Waals surface area contributed by atoms with Gasteiger partial charge in [-0.1, -0.05) is 105 Å². The van der Waals surface area contributed by atoms with Crippen molar-refractivity contribution in [3.8, 4) is 51.7 Å². The third-order valence-corrected chi connectivity index (χ3v) is 22.6. The Labute approximate surface area is 699 Å². The van der Waals surface area contributed by atoms with Gasteiger partial charge in [-0.25, -0.2) is 15.0 Å². The highest BCUT2D eigenvalue weighted by Crippen LogP contribution is 2.51. The molecule has 0 saturated carbocycles. The molecule has 3 fully saturated rings. The third-order valence-electron chi connectivity index (χ3n) is 18.9. The molecule has 3 aromatic heterocycles. The number of benzene rings is 9. The predicted octanol–water partition coefficient (Wildman–Crippen LogP) is 17.3. The highest BCUT2D eigenvalue weighted by molar-refractivity contribution is 7.23. The van der Waals surface area contributed by atoms with Crippen LogP contribution in [0.5, 0.6) is 51.7 Å². The Bertz CT molecular complexity index is 5580. The number of nitrogens with zero attached hydrogens (tertiary/aromatic N) is 6. The van der Waals surface area contributed by atoms with E-state index in [-0.39, 0.29) is 34.0 Å². The van der Waals surface area contributed by atoms with Gasteiger partial charge in [0.25, 0.3) is 23.3 Å². The third kappa shape index (κ3) is 16.3. The van der Waals surface area contributed by atoms with Crippen molar-refractivity contribution in [2.75, 3.05) is 74.2 Å². The average molecular weight is 1710 g/mol. The number of aliphatic carboxylic acids is 1. The van der Waals surface area contributed by atoms with E-state index >= 15 is 0 Å². The van der Waals surface area contributed by atoms with Crippen molar-refractivity contribution >= 4 is 173 Å². The summed E-state index contributed by atoms with van der Waals surface area (Å²) in [5, 5.41) is 44.0. The van der Waals surface area contributed by atoms with Gasteiger partial charge in [0.2, 0.25) is 0 Å². The largest absolute Gasteiger partial charge is 0.507 e. The molecular formula is C86H67Cl3N6O20S3. The van der Waals surface area contributed by atoms with Gasteiger partial charge in [0, 0.05) is 38.7 Å². The van der Waals surface area contributed by atoms with Gasteiger partial charge in [-0.2, -0.15) is 0 Å². The lowest BCUT2D eigenvalue weighted by Gasteiger charge is -2.23. The minimum atomic E-state index is -0.950. The minimum absolute atomic E-state index is 0.0665. The molecule has 0 bridgehead atoms. The van der Waals surface area contributed by atoms with Crippen molar-refractivity contribution in [3.63, 3.8) is 0 Å². The summed E-state index contributed by atoms with van der Waals surface area (Å²) in [6, 6.07) is 48.7. The Hall–Kier alpha value is -12.8. The number of aromatic nitrogens is 3. The second-order valence-corrected chi connectivity index (χ2v) is 30.8. The van der Waals surface area contributed by atoms with Crippen LogP contribution in [0.3, 0.4) is 0 Å². The van der Waals surface area contributed by atoms with Crippen LogP contribution in [0, 0.1) is 0 Å². The Morgan fingerprint density at radius 2 is 0.644 bits per heavy atom. The van der Waals surface area contributed by atoms with E-state index in [1.165, 1.54) is 48.7 Å². The van der Waals surface area contributed by atoms with Gasteiger partial charge in [0.15, 0.2) is 49.9 Å². The molecule has 4 N–H and O–H groups in total. The van der Waals surface area contributed by atoms with Gasteiger partial charge in [-0.15, -0.1) is 0 Å². The molecule has 12 aromatic rings. The van der Waals surface area contributed by atoms with Crippen molar-refractivity contribution in [1.29, 1.82) is 0 Å². The number of hydrogen-bond acceptors (Lipinski definition) is 25. The molecule has 0 aliphatic carbocycles. The molecule has 0 radical (unpaired) electrons. The van der Waals surface area contributed by atoms with Crippen LogP contribution in [0.15, 0.2) is 199 Å². The molecule has 3 atom stereocenters. The molecule has 26 nitrogen and oxygen atoms in total. The maximum atomic E-state index is 13.5. The summed E-state index contributed by atoms with van der Waals surface area (Å²) in [6.07, 6.45) is 0. The van der Waals surface area contributed by atoms with Crippen molar-refractivity contribution in [1.82, 2.24) is 15.0 Å². The Kier molecular flexibility index (Phi) is 23.6. The fraction of sp³-hybridized carbons (Fsp3) is 0.186. The number of ether oxygens (including phenoxy) is 9. The zero-order valence-electron chi connectivity index (χ0n) is 62.8. The smallest absolute Gasteiger partial charge is 0.301 e. The standard InChI is InChI=1S/3C28H21ClN2O6S.C2H4O2/c3*1-2-35-18-7-8-19-22(14-18)38-28(30-19)31-24(15-4-3-5-17(29)12-15)23(26(33)27(31)34)25(32)16-6-9-20-21(13-16)37-11-10-36-20;1-2(3)4/h3*3-9,12-14,24,32H,2,10-11H2,1H3;1H3,(H,3,4)/b3*25-23+;. The van der Waals surface area contributed by atoms with Crippen LogP contribution in [0.1, 0.15) is 79.2 Å². The SMILES string of the molecule is CC(=O)O.CCOc1ccc2nc(N3C(=O)C(=O)/C(=C(/O)c4ccc5c(c4)OCCO5)C3c3cccc(Cl)c3)sc2c1.CCOc1ccc2nc(N3C(=O)C(=O)/C(=C(/O)c4ccc5c(c4)OCCO5)C3c3cccc(Cl)c3)sc2c1.CCOc1ccc2nc(N3C(=O)C(=O)/C(=C(/O)c4ccc5c(c4)OCCO5)C3c3cccc(Cl)c3)sc2c1. The number of hydrogen-bond donors (Lipinski definition) is 4. The fourth-order valence-electron chi connectivity index (χ4n) is 13.9. The van der Waals surface area contributed by atoms with E-state index in [0.717, 1.165) is 21.0 Å². The number of carboxylic acid groups (broad SMARTS) is 1. The molecular weight excluding hydrogens is 1640 g/mol. The van der Waals surface area contributed by atoms with E-state index in [4.69, 9.17) is 87.3 Å². The van der Waals surface area contributed by atoms with Crippen molar-refractivity contribution in [2.45, 2.75) is 45.8 Å². The number of carbonyl (C=O) groups excluding carboxylic acids is 6. The minimum Gasteiger partial charge on any atom is -0.507 e. The number of ketones is 3. The number of Topliss-reactive ketones (excluding diaryl/α,β-unsaturated/α-hetero) is 3. The molecule has 9 heterocycles. The van der Waals surface area contributed by atoms with Crippen LogP contribution in [0.4, 0.5) is 15.4 Å². The normalized spacial score (nSPS) is 17.9. The van der Waals surface area contributed by atoms with Gasteiger partial charge in [0.1, 0.15) is 74.2 Å².